The zero-order valence-electron chi connectivity index (χ0n) is 13.5. The average Bonchev–Trinajstić information content (AvgIpc) is 2.57. The Bertz CT molecular complexity index is 562. The molecule has 1 amide bonds. The highest BCUT2D eigenvalue weighted by molar-refractivity contribution is 6.42. The Kier molecular flexibility index (Phi) is 6.94. The van der Waals surface area contributed by atoms with Crippen molar-refractivity contribution in [3.05, 3.63) is 46.5 Å². The highest BCUT2D eigenvalue weighted by Crippen LogP contribution is 2.26. The third kappa shape index (κ3) is 4.72. The summed E-state index contributed by atoms with van der Waals surface area (Å²) in [5.41, 5.74) is 0.581. The molecular weight excluding hydrogens is 331 g/mol. The van der Waals surface area contributed by atoms with Gasteiger partial charge in [0, 0.05) is 24.7 Å². The minimum Gasteiger partial charge on any atom is -0.337 e. The highest BCUT2D eigenvalue weighted by atomic mass is 35.5. The summed E-state index contributed by atoms with van der Waals surface area (Å²) in [4.78, 5) is 14.6. The van der Waals surface area contributed by atoms with Gasteiger partial charge in [-0.15, -0.1) is 6.58 Å². The molecule has 2 atom stereocenters. The predicted molar refractivity (Wildman–Crippen MR) is 97.4 cm³/mol. The zero-order chi connectivity index (χ0) is 16.8. The maximum atomic E-state index is 12.8. The molecule has 23 heavy (non-hydrogen) atoms. The molecule has 1 aliphatic carbocycles. The fraction of sp³-hybridized carbons (Fsp3) is 0.500. The number of hydrogen-bond donors (Lipinski definition) is 1. The van der Waals surface area contributed by atoms with Crippen molar-refractivity contribution < 1.29 is 4.79 Å². The Balaban J connectivity index is 2.08. The van der Waals surface area contributed by atoms with E-state index in [-0.39, 0.29) is 11.9 Å². The van der Waals surface area contributed by atoms with Crippen molar-refractivity contribution in [2.24, 2.45) is 0 Å². The number of nitrogens with zero attached hydrogens (tertiary/aromatic N) is 1. The number of hydrogen-bond acceptors (Lipinski definition) is 2. The lowest BCUT2D eigenvalue weighted by Gasteiger charge is -2.38. The van der Waals surface area contributed by atoms with Gasteiger partial charge < -0.3 is 10.2 Å². The number of carbonyl (C=O) groups excluding carboxylic acids is 1. The highest BCUT2D eigenvalue weighted by Gasteiger charge is 2.30. The molecule has 0 saturated heterocycles. The van der Waals surface area contributed by atoms with E-state index in [0.717, 1.165) is 32.2 Å². The molecule has 1 aromatic rings. The van der Waals surface area contributed by atoms with E-state index in [9.17, 15) is 4.79 Å². The van der Waals surface area contributed by atoms with Crippen LogP contribution in [-0.2, 0) is 0 Å². The van der Waals surface area contributed by atoms with E-state index in [0.29, 0.717) is 21.7 Å². The second-order valence-corrected chi connectivity index (χ2v) is 6.85. The first-order valence-corrected chi connectivity index (χ1v) is 8.86. The van der Waals surface area contributed by atoms with Gasteiger partial charge in [-0.2, -0.15) is 0 Å². The molecule has 2 rings (SSSR count). The molecule has 1 aromatic carbocycles. The molecule has 1 fully saturated rings. The van der Waals surface area contributed by atoms with Gasteiger partial charge in [0.1, 0.15) is 0 Å². The lowest BCUT2D eigenvalue weighted by atomic mass is 9.89. The van der Waals surface area contributed by atoms with Crippen molar-refractivity contribution in [3.8, 4) is 0 Å². The van der Waals surface area contributed by atoms with Gasteiger partial charge in [-0.05, 0) is 44.0 Å². The molecule has 0 aromatic heterocycles. The summed E-state index contributed by atoms with van der Waals surface area (Å²) in [7, 11) is 1.88. The Morgan fingerprint density at radius 1 is 1.35 bits per heavy atom. The molecular formula is C18H24Cl2N2O. The van der Waals surface area contributed by atoms with Gasteiger partial charge >= 0.3 is 0 Å². The van der Waals surface area contributed by atoms with Gasteiger partial charge in [0.2, 0.25) is 0 Å². The van der Waals surface area contributed by atoms with Gasteiger partial charge in [-0.1, -0.05) is 42.1 Å². The van der Waals surface area contributed by atoms with Crippen LogP contribution >= 0.6 is 23.2 Å². The van der Waals surface area contributed by atoms with E-state index in [4.69, 9.17) is 23.2 Å². The molecule has 0 radical (unpaired) electrons. The van der Waals surface area contributed by atoms with Gasteiger partial charge in [0.25, 0.3) is 5.91 Å². The van der Waals surface area contributed by atoms with Crippen LogP contribution in [0.5, 0.6) is 0 Å². The zero-order valence-corrected chi connectivity index (χ0v) is 15.0. The minimum atomic E-state index is -0.00835. The van der Waals surface area contributed by atoms with Gasteiger partial charge in [-0.3, -0.25) is 4.79 Å². The minimum absolute atomic E-state index is 0.00835. The molecule has 1 saturated carbocycles. The smallest absolute Gasteiger partial charge is 0.253 e. The van der Waals surface area contributed by atoms with Crippen molar-refractivity contribution >= 4 is 29.1 Å². The average molecular weight is 355 g/mol. The van der Waals surface area contributed by atoms with Crippen molar-refractivity contribution in [2.75, 3.05) is 13.6 Å². The topological polar surface area (TPSA) is 32.3 Å². The Morgan fingerprint density at radius 3 is 2.78 bits per heavy atom. The summed E-state index contributed by atoms with van der Waals surface area (Å²) >= 11 is 12.0. The molecule has 0 spiro atoms. The third-order valence-corrected chi connectivity index (χ3v) is 5.21. The molecule has 0 heterocycles. The first kappa shape index (κ1) is 18.3. The van der Waals surface area contributed by atoms with Crippen LogP contribution < -0.4 is 5.32 Å². The Hall–Kier alpha value is -1.03. The second-order valence-electron chi connectivity index (χ2n) is 6.03. The molecule has 1 N–H and O–H groups in total. The van der Waals surface area contributed by atoms with Gasteiger partial charge in [-0.25, -0.2) is 0 Å². The summed E-state index contributed by atoms with van der Waals surface area (Å²) in [5.74, 6) is -0.00835. The molecule has 0 aliphatic heterocycles. The van der Waals surface area contributed by atoms with Crippen molar-refractivity contribution in [3.63, 3.8) is 0 Å². The molecule has 0 unspecified atom stereocenters. The van der Waals surface area contributed by atoms with E-state index in [2.05, 4.69) is 11.9 Å². The number of carbonyl (C=O) groups is 1. The van der Waals surface area contributed by atoms with Crippen molar-refractivity contribution in [1.82, 2.24) is 10.2 Å². The van der Waals surface area contributed by atoms with Crippen LogP contribution in [0, 0.1) is 0 Å². The largest absolute Gasteiger partial charge is 0.337 e. The van der Waals surface area contributed by atoms with E-state index in [1.807, 2.05) is 18.0 Å². The Labute approximate surface area is 148 Å². The van der Waals surface area contributed by atoms with Crippen LogP contribution in [0.1, 0.15) is 42.5 Å². The van der Waals surface area contributed by atoms with Crippen LogP contribution in [0.3, 0.4) is 0 Å². The van der Waals surface area contributed by atoms with Gasteiger partial charge in [0.05, 0.1) is 10.0 Å². The SMILES string of the molecule is C=CCCN[C@@H]1CCCC[C@H]1N(C)C(=O)c1ccc(Cl)c(Cl)c1. The summed E-state index contributed by atoms with van der Waals surface area (Å²) in [6.07, 6.45) is 7.33. The summed E-state index contributed by atoms with van der Waals surface area (Å²) < 4.78 is 0. The number of rotatable bonds is 6. The number of nitrogens with one attached hydrogen (secondary N) is 1. The lowest BCUT2D eigenvalue weighted by Crippen LogP contribution is -2.52. The Morgan fingerprint density at radius 2 is 2.09 bits per heavy atom. The second kappa shape index (κ2) is 8.72. The summed E-state index contributed by atoms with van der Waals surface area (Å²) in [6, 6.07) is 5.59. The summed E-state index contributed by atoms with van der Waals surface area (Å²) in [6.45, 7) is 4.66. The fourth-order valence-electron chi connectivity index (χ4n) is 3.17. The monoisotopic (exact) mass is 354 g/mol. The van der Waals surface area contributed by atoms with Crippen LogP contribution in [0.15, 0.2) is 30.9 Å². The third-order valence-electron chi connectivity index (χ3n) is 4.47. The van der Waals surface area contributed by atoms with Crippen molar-refractivity contribution in [2.45, 2.75) is 44.2 Å². The molecule has 126 valence electrons. The molecule has 1 aliphatic rings. The maximum absolute atomic E-state index is 12.8. The standard InChI is InChI=1S/C18H24Cl2N2O/c1-3-4-11-21-16-7-5-6-8-17(16)22(2)18(23)13-9-10-14(19)15(20)12-13/h3,9-10,12,16-17,21H,1,4-8,11H2,2H3/t16-,17-/m1/s1. The maximum Gasteiger partial charge on any atom is 0.253 e. The van der Waals surface area contributed by atoms with Gasteiger partial charge in [0.15, 0.2) is 0 Å². The van der Waals surface area contributed by atoms with E-state index < -0.39 is 0 Å². The number of halogens is 2. The molecule has 0 bridgehead atoms. The molecule has 3 nitrogen and oxygen atoms in total. The predicted octanol–water partition coefficient (Wildman–Crippen LogP) is 4.54. The quantitative estimate of drug-likeness (QED) is 0.600. The van der Waals surface area contributed by atoms with E-state index >= 15 is 0 Å². The lowest BCUT2D eigenvalue weighted by molar-refractivity contribution is 0.0650. The number of benzene rings is 1. The normalized spacial score (nSPS) is 21.0. The van der Waals surface area contributed by atoms with E-state index in [1.54, 1.807) is 18.2 Å². The first-order chi connectivity index (χ1) is 11.0. The van der Waals surface area contributed by atoms with Crippen LogP contribution in [0.25, 0.3) is 0 Å². The number of likely N-dealkylation sites (N-methyl/N-ethyl adjacent to an activating group) is 1. The van der Waals surface area contributed by atoms with Crippen LogP contribution in [0.2, 0.25) is 10.0 Å². The van der Waals surface area contributed by atoms with Crippen molar-refractivity contribution in [1.29, 1.82) is 0 Å². The van der Waals surface area contributed by atoms with Crippen LogP contribution in [0.4, 0.5) is 0 Å². The number of amides is 1. The van der Waals surface area contributed by atoms with E-state index in [1.165, 1.54) is 6.42 Å². The summed E-state index contributed by atoms with van der Waals surface area (Å²) in [5, 5.41) is 4.45. The fourth-order valence-corrected chi connectivity index (χ4v) is 3.47. The molecule has 5 heteroatoms. The van der Waals surface area contributed by atoms with Crippen LogP contribution in [-0.4, -0.2) is 36.5 Å². The first-order valence-electron chi connectivity index (χ1n) is 8.11.